The lowest BCUT2D eigenvalue weighted by Crippen LogP contribution is -2.52. The second-order valence-electron chi connectivity index (χ2n) is 8.80. The van der Waals surface area contributed by atoms with Crippen LogP contribution in [0.2, 0.25) is 5.02 Å². The molecule has 0 bridgehead atoms. The Morgan fingerprint density at radius 2 is 2.18 bits per heavy atom. The summed E-state index contributed by atoms with van der Waals surface area (Å²) < 4.78 is 47.8. The summed E-state index contributed by atoms with van der Waals surface area (Å²) in [6, 6.07) is 0.940. The maximum absolute atomic E-state index is 14.6. The predicted octanol–water partition coefficient (Wildman–Crippen LogP) is 3.47. The summed E-state index contributed by atoms with van der Waals surface area (Å²) in [4.78, 5) is 26.8. The monoisotopic (exact) mass is 498 g/mol. The lowest BCUT2D eigenvalue weighted by atomic mass is 9.84. The number of nitrogens with zero attached hydrogens (tertiary/aromatic N) is 4. The lowest BCUT2D eigenvalue weighted by Gasteiger charge is -2.39. The SMILES string of the molecule is COCCC(=O)N1CCC(F)(F)CC1CNc1nc(C2(C)CNc3ncc(Cl)cc32)ncc1F. The summed E-state index contributed by atoms with van der Waals surface area (Å²) in [5.41, 5.74) is 0.0524. The molecule has 4 rings (SSSR count). The first-order chi connectivity index (χ1) is 16.1. The van der Waals surface area contributed by atoms with Gasteiger partial charge in [-0.3, -0.25) is 4.79 Å². The summed E-state index contributed by atoms with van der Waals surface area (Å²) in [6.07, 6.45) is 1.74. The Kier molecular flexibility index (Phi) is 6.86. The van der Waals surface area contributed by atoms with Crippen molar-refractivity contribution in [3.8, 4) is 0 Å². The van der Waals surface area contributed by atoms with Crippen molar-refractivity contribution in [1.29, 1.82) is 0 Å². The minimum atomic E-state index is -2.90. The van der Waals surface area contributed by atoms with E-state index in [1.807, 2.05) is 6.92 Å². The quantitative estimate of drug-likeness (QED) is 0.604. The van der Waals surface area contributed by atoms with E-state index in [1.54, 1.807) is 6.07 Å². The maximum Gasteiger partial charge on any atom is 0.251 e. The highest BCUT2D eigenvalue weighted by molar-refractivity contribution is 6.30. The number of ether oxygens (including phenoxy) is 1. The van der Waals surface area contributed by atoms with E-state index in [9.17, 15) is 18.0 Å². The number of fused-ring (bicyclic) bond motifs is 1. The van der Waals surface area contributed by atoms with Gasteiger partial charge in [-0.2, -0.15) is 0 Å². The molecule has 184 valence electrons. The summed E-state index contributed by atoms with van der Waals surface area (Å²) in [6.45, 7) is 2.35. The van der Waals surface area contributed by atoms with Gasteiger partial charge < -0.3 is 20.3 Å². The summed E-state index contributed by atoms with van der Waals surface area (Å²) >= 11 is 6.12. The third-order valence-corrected chi connectivity index (χ3v) is 6.54. The zero-order valence-corrected chi connectivity index (χ0v) is 19.6. The minimum absolute atomic E-state index is 0.0757. The standard InChI is InChI=1S/C22H26ClF3N6O2/c1-21(12-30-18-15(21)7-13(23)9-27-18)20-29-11-16(24)19(31-20)28-10-14-8-22(25,26)4-5-32(14)17(33)3-6-34-2/h7,9,11,14H,3-6,8,10,12H2,1-2H3,(H,27,30)(H,28,29,31). The molecule has 2 aliphatic heterocycles. The third kappa shape index (κ3) is 4.90. The van der Waals surface area contributed by atoms with Gasteiger partial charge in [0.25, 0.3) is 5.92 Å². The number of alkyl halides is 2. The van der Waals surface area contributed by atoms with E-state index in [0.29, 0.717) is 23.2 Å². The van der Waals surface area contributed by atoms with Gasteiger partial charge in [0.2, 0.25) is 5.91 Å². The van der Waals surface area contributed by atoms with Gasteiger partial charge in [0.05, 0.1) is 35.7 Å². The fourth-order valence-electron chi connectivity index (χ4n) is 4.39. The van der Waals surface area contributed by atoms with Crippen LogP contribution in [0.1, 0.15) is 37.6 Å². The Morgan fingerprint density at radius 1 is 1.38 bits per heavy atom. The summed E-state index contributed by atoms with van der Waals surface area (Å²) in [5.74, 6) is -3.05. The maximum atomic E-state index is 14.6. The van der Waals surface area contributed by atoms with E-state index < -0.39 is 36.0 Å². The number of nitrogens with one attached hydrogen (secondary N) is 2. The smallest absolute Gasteiger partial charge is 0.251 e. The molecule has 8 nitrogen and oxygen atoms in total. The Hall–Kier alpha value is -2.66. The van der Waals surface area contributed by atoms with Crippen LogP contribution in [-0.2, 0) is 14.9 Å². The number of aromatic nitrogens is 3. The minimum Gasteiger partial charge on any atom is -0.384 e. The van der Waals surface area contributed by atoms with E-state index in [0.717, 1.165) is 11.8 Å². The number of halogens is 4. The van der Waals surface area contributed by atoms with Gasteiger partial charge in [0, 0.05) is 51.3 Å². The van der Waals surface area contributed by atoms with Crippen molar-refractivity contribution in [3.63, 3.8) is 0 Å². The highest BCUT2D eigenvalue weighted by atomic mass is 35.5. The number of hydrogen-bond donors (Lipinski definition) is 2. The number of carbonyl (C=O) groups is 1. The normalized spacial score (nSPS) is 23.4. The van der Waals surface area contributed by atoms with Crippen molar-refractivity contribution in [2.24, 2.45) is 0 Å². The molecule has 12 heteroatoms. The van der Waals surface area contributed by atoms with E-state index in [2.05, 4.69) is 25.6 Å². The van der Waals surface area contributed by atoms with Gasteiger partial charge in [-0.25, -0.2) is 28.1 Å². The van der Waals surface area contributed by atoms with Crippen LogP contribution >= 0.6 is 11.6 Å². The van der Waals surface area contributed by atoms with E-state index in [4.69, 9.17) is 16.3 Å². The summed E-state index contributed by atoms with van der Waals surface area (Å²) in [5, 5.41) is 6.46. The van der Waals surface area contributed by atoms with Crippen molar-refractivity contribution in [2.75, 3.05) is 44.0 Å². The molecule has 1 amide bonds. The van der Waals surface area contributed by atoms with Crippen LogP contribution in [0, 0.1) is 5.82 Å². The van der Waals surface area contributed by atoms with Gasteiger partial charge in [0.1, 0.15) is 11.6 Å². The molecule has 34 heavy (non-hydrogen) atoms. The van der Waals surface area contributed by atoms with Crippen molar-refractivity contribution in [2.45, 2.75) is 43.6 Å². The number of likely N-dealkylation sites (tertiary alicyclic amines) is 1. The average molecular weight is 499 g/mol. The zero-order valence-electron chi connectivity index (χ0n) is 18.9. The number of methoxy groups -OCH3 is 1. The first kappa shape index (κ1) is 24.5. The molecule has 1 fully saturated rings. The van der Waals surface area contributed by atoms with Crippen LogP contribution in [0.5, 0.6) is 0 Å². The van der Waals surface area contributed by atoms with Gasteiger partial charge in [-0.15, -0.1) is 0 Å². The molecule has 2 N–H and O–H groups in total. The Labute approximate surface area is 200 Å². The molecule has 0 aliphatic carbocycles. The fourth-order valence-corrected chi connectivity index (χ4v) is 4.55. The second-order valence-corrected chi connectivity index (χ2v) is 9.24. The van der Waals surface area contributed by atoms with Crippen molar-refractivity contribution < 1.29 is 22.7 Å². The number of hydrogen-bond acceptors (Lipinski definition) is 7. The van der Waals surface area contributed by atoms with Crippen LogP contribution in [0.25, 0.3) is 0 Å². The van der Waals surface area contributed by atoms with Crippen molar-refractivity contribution >= 4 is 29.1 Å². The van der Waals surface area contributed by atoms with Gasteiger partial charge in [-0.1, -0.05) is 11.6 Å². The molecule has 2 atom stereocenters. The lowest BCUT2D eigenvalue weighted by molar-refractivity contribution is -0.143. The first-order valence-corrected chi connectivity index (χ1v) is 11.3. The molecule has 0 saturated carbocycles. The Bertz CT molecular complexity index is 1070. The Balaban J connectivity index is 1.55. The molecule has 1 saturated heterocycles. The van der Waals surface area contributed by atoms with Crippen LogP contribution < -0.4 is 10.6 Å². The number of piperidine rings is 1. The topological polar surface area (TPSA) is 92.3 Å². The summed E-state index contributed by atoms with van der Waals surface area (Å²) in [7, 11) is 1.47. The Morgan fingerprint density at radius 3 is 2.94 bits per heavy atom. The molecule has 4 heterocycles. The van der Waals surface area contributed by atoms with Gasteiger partial charge in [-0.05, 0) is 13.0 Å². The molecule has 0 radical (unpaired) electrons. The van der Waals surface area contributed by atoms with E-state index >= 15 is 0 Å². The molecular weight excluding hydrogens is 473 g/mol. The van der Waals surface area contributed by atoms with Gasteiger partial charge >= 0.3 is 0 Å². The van der Waals surface area contributed by atoms with Crippen molar-refractivity contribution in [3.05, 3.63) is 40.7 Å². The number of carbonyl (C=O) groups excluding carboxylic acids is 1. The van der Waals surface area contributed by atoms with Crippen LogP contribution in [0.3, 0.4) is 0 Å². The van der Waals surface area contributed by atoms with Gasteiger partial charge in [0.15, 0.2) is 11.6 Å². The fraction of sp³-hybridized carbons (Fsp3) is 0.545. The predicted molar refractivity (Wildman–Crippen MR) is 121 cm³/mol. The van der Waals surface area contributed by atoms with Crippen LogP contribution in [0.4, 0.5) is 24.8 Å². The number of rotatable bonds is 7. The highest BCUT2D eigenvalue weighted by Gasteiger charge is 2.42. The molecular formula is C22H26ClF3N6O2. The average Bonchev–Trinajstić information content (AvgIpc) is 3.13. The first-order valence-electron chi connectivity index (χ1n) is 11.0. The molecule has 2 aromatic heterocycles. The zero-order chi connectivity index (χ0) is 24.5. The molecule has 0 spiro atoms. The second kappa shape index (κ2) is 9.53. The van der Waals surface area contributed by atoms with E-state index in [1.165, 1.54) is 18.2 Å². The molecule has 2 aliphatic rings. The number of pyridine rings is 1. The van der Waals surface area contributed by atoms with Crippen molar-refractivity contribution in [1.82, 2.24) is 19.9 Å². The number of anilines is 2. The molecule has 2 unspecified atom stereocenters. The van der Waals surface area contributed by atoms with Crippen LogP contribution in [0.15, 0.2) is 18.5 Å². The van der Waals surface area contributed by atoms with Crippen LogP contribution in [-0.4, -0.2) is 71.1 Å². The highest BCUT2D eigenvalue weighted by Crippen LogP contribution is 2.40. The number of amides is 1. The largest absolute Gasteiger partial charge is 0.384 e. The third-order valence-electron chi connectivity index (χ3n) is 6.33. The van der Waals surface area contributed by atoms with E-state index in [-0.39, 0.29) is 37.8 Å². The molecule has 2 aromatic rings. The molecule has 0 aromatic carbocycles.